The minimum Gasteiger partial charge on any atom is -0.395 e. The van der Waals surface area contributed by atoms with E-state index < -0.39 is 16.3 Å². The van der Waals surface area contributed by atoms with Crippen LogP contribution in [-0.4, -0.2) is 55.0 Å². The molecule has 13 heteroatoms. The van der Waals surface area contributed by atoms with Crippen molar-refractivity contribution in [1.82, 2.24) is 13.9 Å². The Kier molecular flexibility index (Phi) is 5.99. The number of benzene rings is 2. The number of ether oxygens (including phenoxy) is 3. The van der Waals surface area contributed by atoms with Gasteiger partial charge in [0.1, 0.15) is 0 Å². The number of hydrogen-bond acceptors (Lipinski definition) is 9. The van der Waals surface area contributed by atoms with Gasteiger partial charge in [0.25, 0.3) is 10.0 Å². The number of halogens is 2. The minimum absolute atomic E-state index is 0.0976. The molecule has 41 heavy (non-hydrogen) atoms. The molecule has 0 amide bonds. The van der Waals surface area contributed by atoms with Crippen LogP contribution in [0.15, 0.2) is 72.0 Å². The van der Waals surface area contributed by atoms with E-state index in [9.17, 15) is 17.2 Å². The van der Waals surface area contributed by atoms with E-state index in [0.717, 1.165) is 38.2 Å². The minimum atomic E-state index is -4.04. The van der Waals surface area contributed by atoms with Gasteiger partial charge in [0.15, 0.2) is 22.3 Å². The van der Waals surface area contributed by atoms with Crippen LogP contribution in [0.1, 0.15) is 5.56 Å². The molecule has 0 spiro atoms. The summed E-state index contributed by atoms with van der Waals surface area (Å²) < 4.78 is 70.7. The van der Waals surface area contributed by atoms with E-state index in [2.05, 4.69) is 24.3 Å². The van der Waals surface area contributed by atoms with E-state index in [1.165, 1.54) is 41.8 Å². The Morgan fingerprint density at radius 1 is 0.927 bits per heavy atom. The SMILES string of the molecule is Cc1ccc(S(=O)(=O)n2cc(-c3ccc4c(c3)OC(F)(F)O4)c3cc(-c4cnc(N5CCOCC5)s4)cnc32)cc1. The molecule has 1 saturated heterocycles. The van der Waals surface area contributed by atoms with Crippen molar-refractivity contribution in [3.63, 3.8) is 0 Å². The lowest BCUT2D eigenvalue weighted by Crippen LogP contribution is -2.36. The average Bonchev–Trinajstić information content (AvgIpc) is 3.67. The molecular formula is C28H22F2N4O5S2. The monoisotopic (exact) mass is 596 g/mol. The number of rotatable bonds is 5. The quantitative estimate of drug-likeness (QED) is 0.261. The van der Waals surface area contributed by atoms with Crippen LogP contribution in [0, 0.1) is 6.92 Å². The van der Waals surface area contributed by atoms with Gasteiger partial charge in [-0.25, -0.2) is 22.4 Å². The zero-order valence-electron chi connectivity index (χ0n) is 21.6. The van der Waals surface area contributed by atoms with Crippen molar-refractivity contribution in [2.45, 2.75) is 18.1 Å². The second-order valence-electron chi connectivity index (χ2n) is 9.69. The van der Waals surface area contributed by atoms with E-state index in [1.54, 1.807) is 30.6 Å². The van der Waals surface area contributed by atoms with Crippen LogP contribution in [0.2, 0.25) is 0 Å². The van der Waals surface area contributed by atoms with Gasteiger partial charge in [-0.05, 0) is 42.8 Å². The molecule has 0 N–H and O–H groups in total. The molecule has 0 unspecified atom stereocenters. The zero-order valence-corrected chi connectivity index (χ0v) is 23.2. The maximum absolute atomic E-state index is 13.8. The number of alkyl halides is 2. The highest BCUT2D eigenvalue weighted by Crippen LogP contribution is 2.45. The number of fused-ring (bicyclic) bond motifs is 2. The predicted molar refractivity (Wildman–Crippen MR) is 149 cm³/mol. The number of nitrogens with zero attached hydrogens (tertiary/aromatic N) is 4. The molecule has 2 aromatic carbocycles. The van der Waals surface area contributed by atoms with Crippen molar-refractivity contribution < 1.29 is 31.4 Å². The number of hydrogen-bond donors (Lipinski definition) is 0. The molecule has 5 aromatic rings. The fraction of sp³-hybridized carbons (Fsp3) is 0.214. The largest absolute Gasteiger partial charge is 0.586 e. The molecule has 7 rings (SSSR count). The third-order valence-corrected chi connectivity index (χ3v) is 9.73. The Labute approximate surface area is 237 Å². The van der Waals surface area contributed by atoms with Crippen LogP contribution in [0.4, 0.5) is 13.9 Å². The van der Waals surface area contributed by atoms with Gasteiger partial charge < -0.3 is 19.1 Å². The van der Waals surface area contributed by atoms with Crippen molar-refractivity contribution >= 4 is 37.5 Å². The van der Waals surface area contributed by atoms with Gasteiger partial charge in [0.2, 0.25) is 0 Å². The standard InChI is InChI=1S/C28H22F2N4O5S2/c1-17-2-5-20(6-3-17)41(35,36)34-16-22(18-4-7-23-24(13-18)39-28(29,30)38-23)21-12-19(14-31-26(21)34)25-15-32-27(40-25)33-8-10-37-11-9-33/h2-7,12-16H,8-11H2,1H3. The number of pyridine rings is 1. The number of morpholine rings is 1. The second-order valence-corrected chi connectivity index (χ2v) is 12.5. The number of aryl methyl sites for hydroxylation is 1. The third kappa shape index (κ3) is 4.59. The number of aromatic nitrogens is 3. The summed E-state index contributed by atoms with van der Waals surface area (Å²) in [7, 11) is -4.04. The van der Waals surface area contributed by atoms with Gasteiger partial charge in [-0.3, -0.25) is 0 Å². The van der Waals surface area contributed by atoms with Crippen LogP contribution in [0.25, 0.3) is 32.6 Å². The average molecular weight is 597 g/mol. The highest BCUT2D eigenvalue weighted by molar-refractivity contribution is 7.90. The van der Waals surface area contributed by atoms with Crippen molar-refractivity contribution in [1.29, 1.82) is 0 Å². The van der Waals surface area contributed by atoms with E-state index in [-0.39, 0.29) is 22.0 Å². The van der Waals surface area contributed by atoms with E-state index in [0.29, 0.717) is 29.7 Å². The van der Waals surface area contributed by atoms with Gasteiger partial charge in [0, 0.05) is 48.2 Å². The fourth-order valence-electron chi connectivity index (χ4n) is 4.87. The molecule has 0 saturated carbocycles. The first-order chi connectivity index (χ1) is 19.7. The molecule has 9 nitrogen and oxygen atoms in total. The maximum atomic E-state index is 13.8. The lowest BCUT2D eigenvalue weighted by molar-refractivity contribution is -0.286. The topological polar surface area (TPSA) is 95.8 Å². The first kappa shape index (κ1) is 25.9. The Bertz CT molecular complexity index is 1900. The normalized spacial score (nSPS) is 16.4. The summed E-state index contributed by atoms with van der Waals surface area (Å²) in [6, 6.07) is 12.7. The molecular weight excluding hydrogens is 574 g/mol. The fourth-order valence-corrected chi connectivity index (χ4v) is 7.14. The van der Waals surface area contributed by atoms with E-state index in [4.69, 9.17) is 4.74 Å². The Morgan fingerprint density at radius 2 is 1.68 bits per heavy atom. The third-order valence-electron chi connectivity index (χ3n) is 6.96. The van der Waals surface area contributed by atoms with Crippen molar-refractivity contribution in [3.05, 3.63) is 72.7 Å². The van der Waals surface area contributed by atoms with Crippen molar-refractivity contribution in [2.75, 3.05) is 31.2 Å². The highest BCUT2D eigenvalue weighted by Gasteiger charge is 2.43. The molecule has 0 atom stereocenters. The summed E-state index contributed by atoms with van der Waals surface area (Å²) in [5, 5.41) is 1.38. The van der Waals surface area contributed by atoms with Crippen LogP contribution in [0.5, 0.6) is 11.5 Å². The predicted octanol–water partition coefficient (Wildman–Crippen LogP) is 5.53. The summed E-state index contributed by atoms with van der Waals surface area (Å²) in [4.78, 5) is 12.3. The Morgan fingerprint density at radius 3 is 2.46 bits per heavy atom. The lowest BCUT2D eigenvalue weighted by Gasteiger charge is -2.25. The number of thiazole rings is 1. The lowest BCUT2D eigenvalue weighted by atomic mass is 10.0. The van der Waals surface area contributed by atoms with Crippen LogP contribution in [-0.2, 0) is 14.8 Å². The Balaban J connectivity index is 1.37. The van der Waals surface area contributed by atoms with Gasteiger partial charge in [-0.1, -0.05) is 35.1 Å². The smallest absolute Gasteiger partial charge is 0.395 e. The molecule has 5 heterocycles. The summed E-state index contributed by atoms with van der Waals surface area (Å²) in [6.45, 7) is 4.64. The molecule has 3 aromatic heterocycles. The zero-order chi connectivity index (χ0) is 28.4. The molecule has 0 aliphatic carbocycles. The van der Waals surface area contributed by atoms with Gasteiger partial charge >= 0.3 is 6.29 Å². The summed E-state index contributed by atoms with van der Waals surface area (Å²) in [5.74, 6) is -0.245. The van der Waals surface area contributed by atoms with Crippen LogP contribution < -0.4 is 14.4 Å². The summed E-state index contributed by atoms with van der Waals surface area (Å²) in [5.41, 5.74) is 2.80. The van der Waals surface area contributed by atoms with Gasteiger partial charge in [-0.2, -0.15) is 0 Å². The van der Waals surface area contributed by atoms with Crippen LogP contribution in [0.3, 0.4) is 0 Å². The van der Waals surface area contributed by atoms with Crippen LogP contribution >= 0.6 is 11.3 Å². The van der Waals surface area contributed by atoms with Gasteiger partial charge in [0.05, 0.1) is 23.0 Å². The molecule has 2 aliphatic heterocycles. The summed E-state index contributed by atoms with van der Waals surface area (Å²) >= 11 is 1.50. The van der Waals surface area contributed by atoms with Crippen molar-refractivity contribution in [2.24, 2.45) is 0 Å². The molecule has 0 bridgehead atoms. The van der Waals surface area contributed by atoms with Gasteiger partial charge in [-0.15, -0.1) is 8.78 Å². The number of anilines is 1. The highest BCUT2D eigenvalue weighted by atomic mass is 32.2. The first-order valence-corrected chi connectivity index (χ1v) is 15.0. The van der Waals surface area contributed by atoms with E-state index in [1.807, 2.05) is 13.0 Å². The molecule has 2 aliphatic rings. The second kappa shape index (κ2) is 9.50. The maximum Gasteiger partial charge on any atom is 0.586 e. The molecule has 210 valence electrons. The summed E-state index contributed by atoms with van der Waals surface area (Å²) in [6.07, 6.45) is 1.06. The van der Waals surface area contributed by atoms with E-state index >= 15 is 0 Å². The molecule has 1 fully saturated rings. The first-order valence-electron chi connectivity index (χ1n) is 12.7. The Hall–Kier alpha value is -4.07. The molecule has 0 radical (unpaired) electrons. The van der Waals surface area contributed by atoms with Crippen molar-refractivity contribution in [3.8, 4) is 33.1 Å².